The van der Waals surface area contributed by atoms with Crippen molar-refractivity contribution >= 4 is 11.6 Å². The largest absolute Gasteiger partial charge is 0.310 e. The van der Waals surface area contributed by atoms with Gasteiger partial charge in [-0.1, -0.05) is 24.6 Å². The second-order valence-electron chi connectivity index (χ2n) is 4.29. The average Bonchev–Trinajstić information content (AvgIpc) is 2.78. The van der Waals surface area contributed by atoms with Crippen LogP contribution in [0.15, 0.2) is 24.5 Å². The fourth-order valence-corrected chi connectivity index (χ4v) is 2.16. The smallest absolute Gasteiger partial charge is 0.141 e. The zero-order valence-electron chi connectivity index (χ0n) is 10.9. The van der Waals surface area contributed by atoms with Crippen LogP contribution in [0.2, 0.25) is 5.02 Å². The first-order valence-corrected chi connectivity index (χ1v) is 6.50. The molecule has 0 radical (unpaired) electrons. The number of benzene rings is 1. The van der Waals surface area contributed by atoms with E-state index in [0.29, 0.717) is 6.42 Å². The lowest BCUT2D eigenvalue weighted by Gasteiger charge is -2.18. The summed E-state index contributed by atoms with van der Waals surface area (Å²) in [4.78, 5) is 4.21. The van der Waals surface area contributed by atoms with Crippen molar-refractivity contribution in [3.05, 3.63) is 46.8 Å². The summed E-state index contributed by atoms with van der Waals surface area (Å²) in [5.74, 6) is 0.464. The summed E-state index contributed by atoms with van der Waals surface area (Å²) in [6.07, 6.45) is 2.20. The van der Waals surface area contributed by atoms with Crippen LogP contribution < -0.4 is 5.32 Å². The van der Waals surface area contributed by atoms with E-state index in [1.165, 1.54) is 12.4 Å². The van der Waals surface area contributed by atoms with Crippen LogP contribution in [-0.4, -0.2) is 21.3 Å². The Labute approximate surface area is 116 Å². The molecule has 2 aromatic rings. The van der Waals surface area contributed by atoms with Gasteiger partial charge in [-0.25, -0.2) is 9.37 Å². The third kappa shape index (κ3) is 3.30. The molecule has 0 saturated carbocycles. The van der Waals surface area contributed by atoms with Gasteiger partial charge < -0.3 is 5.32 Å². The van der Waals surface area contributed by atoms with Crippen LogP contribution >= 0.6 is 11.6 Å². The van der Waals surface area contributed by atoms with Gasteiger partial charge in [-0.3, -0.25) is 4.68 Å². The molecule has 2 rings (SSSR count). The first-order chi connectivity index (χ1) is 9.11. The molecular formula is C13H16ClFN4. The van der Waals surface area contributed by atoms with Gasteiger partial charge in [-0.15, -0.1) is 0 Å². The van der Waals surface area contributed by atoms with Gasteiger partial charge in [0.1, 0.15) is 18.0 Å². The molecule has 1 heterocycles. The highest BCUT2D eigenvalue weighted by molar-refractivity contribution is 6.30. The fourth-order valence-electron chi connectivity index (χ4n) is 1.97. The molecular weight excluding hydrogens is 267 g/mol. The molecule has 4 nitrogen and oxygen atoms in total. The topological polar surface area (TPSA) is 42.7 Å². The van der Waals surface area contributed by atoms with E-state index < -0.39 is 5.82 Å². The van der Waals surface area contributed by atoms with Crippen molar-refractivity contribution in [3.63, 3.8) is 0 Å². The number of aryl methyl sites for hydroxylation is 1. The Morgan fingerprint density at radius 1 is 1.47 bits per heavy atom. The molecule has 1 aromatic carbocycles. The van der Waals surface area contributed by atoms with E-state index in [-0.39, 0.29) is 11.1 Å². The van der Waals surface area contributed by atoms with Gasteiger partial charge in [0.15, 0.2) is 0 Å². The van der Waals surface area contributed by atoms with Crippen LogP contribution in [0.1, 0.15) is 24.4 Å². The van der Waals surface area contributed by atoms with Crippen LogP contribution in [0.3, 0.4) is 0 Å². The minimum absolute atomic E-state index is 0.0333. The van der Waals surface area contributed by atoms with E-state index in [0.717, 1.165) is 17.9 Å². The Bertz CT molecular complexity index is 555. The highest BCUT2D eigenvalue weighted by atomic mass is 35.5. The number of nitrogens with one attached hydrogen (secondary N) is 1. The molecule has 0 aliphatic heterocycles. The van der Waals surface area contributed by atoms with Crippen LogP contribution in [0, 0.1) is 5.82 Å². The predicted octanol–water partition coefficient (Wildman–Crippen LogP) is 2.50. The molecule has 0 spiro atoms. The minimum atomic E-state index is -0.403. The second-order valence-corrected chi connectivity index (χ2v) is 4.70. The zero-order valence-corrected chi connectivity index (χ0v) is 11.7. The maximum atomic E-state index is 13.2. The summed E-state index contributed by atoms with van der Waals surface area (Å²) in [6, 6.07) is 4.82. The van der Waals surface area contributed by atoms with Crippen LogP contribution in [-0.2, 0) is 13.5 Å². The quantitative estimate of drug-likeness (QED) is 0.916. The summed E-state index contributed by atoms with van der Waals surface area (Å²) in [5, 5.41) is 7.53. The lowest BCUT2D eigenvalue weighted by Crippen LogP contribution is -2.24. The Hall–Kier alpha value is -1.46. The predicted molar refractivity (Wildman–Crippen MR) is 72.5 cm³/mol. The first kappa shape index (κ1) is 14.0. The Morgan fingerprint density at radius 3 is 2.84 bits per heavy atom. The van der Waals surface area contributed by atoms with Crippen molar-refractivity contribution in [2.75, 3.05) is 6.54 Å². The first-order valence-electron chi connectivity index (χ1n) is 6.13. The number of halogens is 2. The standard InChI is InChI=1S/C13H16ClFN4/c1-3-16-12(7-13-17-8-18-19(13)2)9-4-5-11(15)10(14)6-9/h4-6,8,12,16H,3,7H2,1-2H3. The van der Waals surface area contributed by atoms with E-state index in [4.69, 9.17) is 11.6 Å². The molecule has 0 bridgehead atoms. The van der Waals surface area contributed by atoms with Gasteiger partial charge in [0.25, 0.3) is 0 Å². The number of rotatable bonds is 5. The molecule has 1 atom stereocenters. The fraction of sp³-hybridized carbons (Fsp3) is 0.385. The molecule has 1 N–H and O–H groups in total. The van der Waals surface area contributed by atoms with Crippen molar-refractivity contribution in [1.29, 1.82) is 0 Å². The Kier molecular flexibility index (Phi) is 4.50. The molecule has 0 aliphatic rings. The zero-order chi connectivity index (χ0) is 13.8. The van der Waals surface area contributed by atoms with Crippen molar-refractivity contribution in [2.45, 2.75) is 19.4 Å². The summed E-state index contributed by atoms with van der Waals surface area (Å²) >= 11 is 5.84. The summed E-state index contributed by atoms with van der Waals surface area (Å²) in [7, 11) is 1.85. The monoisotopic (exact) mass is 282 g/mol. The molecule has 0 fully saturated rings. The van der Waals surface area contributed by atoms with E-state index >= 15 is 0 Å². The summed E-state index contributed by atoms with van der Waals surface area (Å²) < 4.78 is 14.9. The van der Waals surface area contributed by atoms with Crippen molar-refractivity contribution < 1.29 is 4.39 Å². The third-order valence-electron chi connectivity index (χ3n) is 2.99. The van der Waals surface area contributed by atoms with Gasteiger partial charge in [-0.2, -0.15) is 5.10 Å². The number of aromatic nitrogens is 3. The van der Waals surface area contributed by atoms with Crippen molar-refractivity contribution in [1.82, 2.24) is 20.1 Å². The van der Waals surface area contributed by atoms with Gasteiger partial charge in [0, 0.05) is 19.5 Å². The van der Waals surface area contributed by atoms with Crippen molar-refractivity contribution in [3.8, 4) is 0 Å². The maximum absolute atomic E-state index is 13.2. The van der Waals surface area contributed by atoms with Gasteiger partial charge >= 0.3 is 0 Å². The normalized spacial score (nSPS) is 12.6. The van der Waals surface area contributed by atoms with Crippen LogP contribution in [0.4, 0.5) is 4.39 Å². The Morgan fingerprint density at radius 2 is 2.26 bits per heavy atom. The van der Waals surface area contributed by atoms with Gasteiger partial charge in [0.05, 0.1) is 5.02 Å². The van der Waals surface area contributed by atoms with Crippen LogP contribution in [0.5, 0.6) is 0 Å². The highest BCUT2D eigenvalue weighted by Gasteiger charge is 2.15. The molecule has 0 saturated heterocycles. The molecule has 19 heavy (non-hydrogen) atoms. The molecule has 0 aliphatic carbocycles. The lowest BCUT2D eigenvalue weighted by molar-refractivity contribution is 0.521. The number of likely N-dealkylation sites (N-methyl/N-ethyl adjacent to an activating group) is 1. The molecule has 1 unspecified atom stereocenters. The van der Waals surface area contributed by atoms with E-state index in [1.54, 1.807) is 16.8 Å². The number of hydrogen-bond donors (Lipinski definition) is 1. The molecule has 102 valence electrons. The second kappa shape index (κ2) is 6.12. The van der Waals surface area contributed by atoms with Crippen LogP contribution in [0.25, 0.3) is 0 Å². The van der Waals surface area contributed by atoms with E-state index in [9.17, 15) is 4.39 Å². The Balaban J connectivity index is 2.24. The number of nitrogens with zero attached hydrogens (tertiary/aromatic N) is 3. The molecule has 0 amide bonds. The maximum Gasteiger partial charge on any atom is 0.141 e. The average molecular weight is 283 g/mol. The minimum Gasteiger partial charge on any atom is -0.310 e. The third-order valence-corrected chi connectivity index (χ3v) is 3.28. The lowest BCUT2D eigenvalue weighted by atomic mass is 10.0. The van der Waals surface area contributed by atoms with E-state index in [1.807, 2.05) is 14.0 Å². The molecule has 6 heteroatoms. The van der Waals surface area contributed by atoms with Crippen molar-refractivity contribution in [2.24, 2.45) is 7.05 Å². The highest BCUT2D eigenvalue weighted by Crippen LogP contribution is 2.23. The van der Waals surface area contributed by atoms with Gasteiger partial charge in [0.2, 0.25) is 0 Å². The number of hydrogen-bond acceptors (Lipinski definition) is 3. The summed E-state index contributed by atoms with van der Waals surface area (Å²) in [6.45, 7) is 2.83. The SMILES string of the molecule is CCNC(Cc1ncnn1C)c1ccc(F)c(Cl)c1. The van der Waals surface area contributed by atoms with E-state index in [2.05, 4.69) is 15.4 Å². The summed E-state index contributed by atoms with van der Waals surface area (Å²) in [5.41, 5.74) is 0.941. The van der Waals surface area contributed by atoms with Gasteiger partial charge in [-0.05, 0) is 24.2 Å². The molecule has 1 aromatic heterocycles.